The average molecular weight is 385 g/mol. The van der Waals surface area contributed by atoms with Crippen LogP contribution < -0.4 is 5.32 Å². The Morgan fingerprint density at radius 3 is 2.31 bits per heavy atom. The summed E-state index contributed by atoms with van der Waals surface area (Å²) in [5.74, 6) is -1.36. The molecule has 26 heavy (non-hydrogen) atoms. The second-order valence-electron chi connectivity index (χ2n) is 5.93. The van der Waals surface area contributed by atoms with Gasteiger partial charge >= 0.3 is 5.97 Å². The summed E-state index contributed by atoms with van der Waals surface area (Å²) in [7, 11) is -2.13. The van der Waals surface area contributed by atoms with E-state index in [-0.39, 0.29) is 30.3 Å². The molecule has 0 bridgehead atoms. The summed E-state index contributed by atoms with van der Waals surface area (Å²) < 4.78 is 28.9. The molecule has 1 N–H and O–H groups in total. The number of esters is 1. The van der Waals surface area contributed by atoms with E-state index in [4.69, 9.17) is 0 Å². The minimum atomic E-state index is -3.27. The van der Waals surface area contributed by atoms with E-state index in [0.29, 0.717) is 12.8 Å². The number of nitro benzene ring substituents is 1. The Bertz CT molecular complexity index is 830. The number of nitrogens with one attached hydrogen (secondary N) is 1. The van der Waals surface area contributed by atoms with Gasteiger partial charge in [0.2, 0.25) is 10.0 Å². The third kappa shape index (κ3) is 4.76. The van der Waals surface area contributed by atoms with Gasteiger partial charge in [-0.1, -0.05) is 0 Å². The molecule has 2 rings (SSSR count). The lowest BCUT2D eigenvalue weighted by Crippen LogP contribution is -2.46. The highest BCUT2D eigenvalue weighted by Crippen LogP contribution is 2.19. The molecule has 1 aromatic rings. The van der Waals surface area contributed by atoms with Crippen LogP contribution in [0.1, 0.15) is 33.6 Å². The molecule has 0 saturated carbocycles. The highest BCUT2D eigenvalue weighted by molar-refractivity contribution is 7.88. The van der Waals surface area contributed by atoms with Crippen LogP contribution in [0.2, 0.25) is 0 Å². The normalized spacial score (nSPS) is 16.1. The molecule has 142 valence electrons. The van der Waals surface area contributed by atoms with Crippen molar-refractivity contribution < 1.29 is 27.7 Å². The SMILES string of the molecule is COC(=O)c1cc(C(=O)NC2CCN(S(C)(=O)=O)CC2)cc([N+](=O)[O-])c1. The number of hydrogen-bond donors (Lipinski definition) is 1. The Labute approximate surface area is 150 Å². The van der Waals surface area contributed by atoms with E-state index >= 15 is 0 Å². The Kier molecular flexibility index (Phi) is 5.93. The predicted molar refractivity (Wildman–Crippen MR) is 91.3 cm³/mol. The van der Waals surface area contributed by atoms with Crippen LogP contribution in [0.15, 0.2) is 18.2 Å². The number of carbonyl (C=O) groups is 2. The van der Waals surface area contributed by atoms with E-state index in [0.717, 1.165) is 25.5 Å². The molecule has 1 amide bonds. The van der Waals surface area contributed by atoms with Crippen molar-refractivity contribution in [1.29, 1.82) is 0 Å². The van der Waals surface area contributed by atoms with Crippen LogP contribution in [0.25, 0.3) is 0 Å². The van der Waals surface area contributed by atoms with Gasteiger partial charge in [0.25, 0.3) is 11.6 Å². The molecule has 1 fully saturated rings. The van der Waals surface area contributed by atoms with E-state index in [1.807, 2.05) is 0 Å². The molecule has 1 aliphatic heterocycles. The van der Waals surface area contributed by atoms with Crippen LogP contribution in [0.3, 0.4) is 0 Å². The zero-order chi connectivity index (χ0) is 19.5. The maximum atomic E-state index is 12.4. The minimum Gasteiger partial charge on any atom is -0.465 e. The summed E-state index contributed by atoms with van der Waals surface area (Å²) >= 11 is 0. The number of rotatable bonds is 5. The molecule has 1 aliphatic rings. The Balaban J connectivity index is 2.13. The highest BCUT2D eigenvalue weighted by atomic mass is 32.2. The Morgan fingerprint density at radius 1 is 1.23 bits per heavy atom. The van der Waals surface area contributed by atoms with Gasteiger partial charge < -0.3 is 10.1 Å². The summed E-state index contributed by atoms with van der Waals surface area (Å²) in [6.45, 7) is 0.568. The zero-order valence-electron chi connectivity index (χ0n) is 14.3. The first-order valence-electron chi connectivity index (χ1n) is 7.75. The standard InChI is InChI=1S/C15H19N3O7S/c1-25-15(20)11-7-10(8-13(9-11)18(21)22)14(19)16-12-3-5-17(6-4-12)26(2,23)24/h7-9,12H,3-6H2,1-2H3,(H,16,19). The number of benzene rings is 1. The number of ether oxygens (including phenoxy) is 1. The Morgan fingerprint density at radius 2 is 1.81 bits per heavy atom. The van der Waals surface area contributed by atoms with Crippen molar-refractivity contribution in [2.24, 2.45) is 0 Å². The van der Waals surface area contributed by atoms with Crippen molar-refractivity contribution in [2.75, 3.05) is 26.5 Å². The van der Waals surface area contributed by atoms with Crippen LogP contribution in [-0.2, 0) is 14.8 Å². The van der Waals surface area contributed by atoms with Gasteiger partial charge in [-0.15, -0.1) is 0 Å². The average Bonchev–Trinajstić information content (AvgIpc) is 2.60. The van der Waals surface area contributed by atoms with Crippen molar-refractivity contribution >= 4 is 27.6 Å². The van der Waals surface area contributed by atoms with Gasteiger partial charge in [-0.25, -0.2) is 17.5 Å². The van der Waals surface area contributed by atoms with Crippen LogP contribution in [0.4, 0.5) is 5.69 Å². The molecule has 0 aliphatic carbocycles. The van der Waals surface area contributed by atoms with Crippen molar-refractivity contribution in [3.8, 4) is 0 Å². The first-order chi connectivity index (χ1) is 12.1. The molecule has 11 heteroatoms. The fourth-order valence-corrected chi connectivity index (χ4v) is 3.56. The molecule has 10 nitrogen and oxygen atoms in total. The van der Waals surface area contributed by atoms with Gasteiger partial charge in [0.15, 0.2) is 0 Å². The largest absolute Gasteiger partial charge is 0.465 e. The van der Waals surface area contributed by atoms with Gasteiger partial charge in [0, 0.05) is 36.8 Å². The van der Waals surface area contributed by atoms with Crippen LogP contribution in [0.5, 0.6) is 0 Å². The van der Waals surface area contributed by atoms with E-state index in [1.165, 1.54) is 10.4 Å². The second kappa shape index (κ2) is 7.79. The first-order valence-corrected chi connectivity index (χ1v) is 9.60. The second-order valence-corrected chi connectivity index (χ2v) is 7.91. The first kappa shape index (κ1) is 19.8. The summed E-state index contributed by atoms with van der Waals surface area (Å²) in [5.41, 5.74) is -0.533. The van der Waals surface area contributed by atoms with Crippen LogP contribution in [-0.4, -0.2) is 62.0 Å². The van der Waals surface area contributed by atoms with Crippen molar-refractivity contribution in [2.45, 2.75) is 18.9 Å². The number of carbonyl (C=O) groups excluding carboxylic acids is 2. The number of non-ortho nitro benzene ring substituents is 1. The van der Waals surface area contributed by atoms with Crippen molar-refractivity contribution in [1.82, 2.24) is 9.62 Å². The van der Waals surface area contributed by atoms with Gasteiger partial charge in [-0.3, -0.25) is 14.9 Å². The molecular weight excluding hydrogens is 366 g/mol. The minimum absolute atomic E-state index is 0.0369. The van der Waals surface area contributed by atoms with Gasteiger partial charge in [-0.2, -0.15) is 0 Å². The molecule has 1 heterocycles. The smallest absolute Gasteiger partial charge is 0.338 e. The molecule has 0 spiro atoms. The fourth-order valence-electron chi connectivity index (χ4n) is 2.68. The maximum Gasteiger partial charge on any atom is 0.338 e. The topological polar surface area (TPSA) is 136 Å². The molecule has 0 aromatic heterocycles. The van der Waals surface area contributed by atoms with Gasteiger partial charge in [-0.05, 0) is 18.9 Å². The number of methoxy groups -OCH3 is 1. The highest BCUT2D eigenvalue weighted by Gasteiger charge is 2.26. The molecule has 0 atom stereocenters. The number of hydrogen-bond acceptors (Lipinski definition) is 7. The van der Waals surface area contributed by atoms with Crippen molar-refractivity contribution in [3.63, 3.8) is 0 Å². The number of piperidine rings is 1. The van der Waals surface area contributed by atoms with E-state index in [1.54, 1.807) is 0 Å². The lowest BCUT2D eigenvalue weighted by Gasteiger charge is -2.30. The lowest BCUT2D eigenvalue weighted by atomic mass is 10.0. The van der Waals surface area contributed by atoms with E-state index in [2.05, 4.69) is 10.1 Å². The third-order valence-electron chi connectivity index (χ3n) is 4.07. The van der Waals surface area contributed by atoms with E-state index in [9.17, 15) is 28.1 Å². The van der Waals surface area contributed by atoms with Crippen LogP contribution in [0, 0.1) is 10.1 Å². The summed E-state index contributed by atoms with van der Waals surface area (Å²) in [6.07, 6.45) is 1.98. The predicted octanol–water partition coefficient (Wildman–Crippen LogP) is 0.535. The number of nitrogens with zero attached hydrogens (tertiary/aromatic N) is 2. The summed E-state index contributed by atoms with van der Waals surface area (Å²) in [4.78, 5) is 34.4. The lowest BCUT2D eigenvalue weighted by molar-refractivity contribution is -0.384. The molecule has 1 saturated heterocycles. The van der Waals surface area contributed by atoms with Crippen LogP contribution >= 0.6 is 0 Å². The van der Waals surface area contributed by atoms with Crippen molar-refractivity contribution in [3.05, 3.63) is 39.4 Å². The molecule has 0 unspecified atom stereocenters. The number of sulfonamides is 1. The summed E-state index contributed by atoms with van der Waals surface area (Å²) in [5, 5.41) is 13.7. The third-order valence-corrected chi connectivity index (χ3v) is 5.37. The molecule has 0 radical (unpaired) electrons. The van der Waals surface area contributed by atoms with Gasteiger partial charge in [0.1, 0.15) is 0 Å². The zero-order valence-corrected chi connectivity index (χ0v) is 15.1. The molecular formula is C15H19N3O7S. The maximum absolute atomic E-state index is 12.4. The van der Waals surface area contributed by atoms with E-state index < -0.39 is 32.5 Å². The number of nitro groups is 1. The fraction of sp³-hybridized carbons (Fsp3) is 0.467. The monoisotopic (exact) mass is 385 g/mol. The Hall–Kier alpha value is -2.53. The summed E-state index contributed by atoms with van der Waals surface area (Å²) in [6, 6.07) is 3.07. The molecule has 1 aromatic carbocycles. The number of amides is 1. The quantitative estimate of drug-likeness (QED) is 0.444. The van der Waals surface area contributed by atoms with Gasteiger partial charge in [0.05, 0.1) is 23.9 Å².